The van der Waals surface area contributed by atoms with Crippen LogP contribution in [-0.4, -0.2) is 55.6 Å². The fourth-order valence-electron chi connectivity index (χ4n) is 4.09. The number of aromatic amines is 1. The van der Waals surface area contributed by atoms with E-state index < -0.39 is 0 Å². The number of nitrogens with one attached hydrogen (secondary N) is 2. The standard InChI is InChI=1S/C22H19ClN8O/c23-17-3-1-2-4-19(17)30-13-26-20-15-9-18(28-21(15)25-11-16(20)22(30)32)14-10-27-31(12-14)29-7-5-24-6-8-29/h1-4,9-13,24H,5-8H2,(H,25,28). The highest BCUT2D eigenvalue weighted by atomic mass is 35.5. The first-order valence-corrected chi connectivity index (χ1v) is 10.7. The fraction of sp³-hybridized carbons (Fsp3) is 0.182. The summed E-state index contributed by atoms with van der Waals surface area (Å²) in [7, 11) is 0. The van der Waals surface area contributed by atoms with Gasteiger partial charge in [0, 0.05) is 43.3 Å². The average molecular weight is 447 g/mol. The van der Waals surface area contributed by atoms with Crippen molar-refractivity contribution in [2.24, 2.45) is 0 Å². The lowest BCUT2D eigenvalue weighted by Gasteiger charge is -2.28. The molecule has 10 heteroatoms. The minimum absolute atomic E-state index is 0.216. The number of benzene rings is 1. The summed E-state index contributed by atoms with van der Waals surface area (Å²) in [5, 5.41) is 11.7. The smallest absolute Gasteiger partial charge is 0.267 e. The van der Waals surface area contributed by atoms with Crippen LogP contribution >= 0.6 is 11.6 Å². The third-order valence-electron chi connectivity index (χ3n) is 5.76. The summed E-state index contributed by atoms with van der Waals surface area (Å²) in [6, 6.07) is 9.15. The maximum absolute atomic E-state index is 13.2. The molecule has 32 heavy (non-hydrogen) atoms. The molecule has 0 radical (unpaired) electrons. The van der Waals surface area contributed by atoms with E-state index in [9.17, 15) is 4.79 Å². The van der Waals surface area contributed by atoms with Crippen molar-refractivity contribution < 1.29 is 0 Å². The number of pyridine rings is 1. The number of piperazine rings is 1. The van der Waals surface area contributed by atoms with Crippen LogP contribution in [0.3, 0.4) is 0 Å². The van der Waals surface area contributed by atoms with Crippen LogP contribution in [0.4, 0.5) is 0 Å². The van der Waals surface area contributed by atoms with Crippen molar-refractivity contribution in [2.45, 2.75) is 0 Å². The Bertz CT molecular complexity index is 1510. The lowest BCUT2D eigenvalue weighted by Crippen LogP contribution is -2.49. The topological polar surface area (TPSA) is 96.7 Å². The molecule has 4 aromatic heterocycles. The number of halogens is 1. The fourth-order valence-corrected chi connectivity index (χ4v) is 4.32. The molecule has 9 nitrogen and oxygen atoms in total. The van der Waals surface area contributed by atoms with Gasteiger partial charge < -0.3 is 10.3 Å². The van der Waals surface area contributed by atoms with Gasteiger partial charge in [0.05, 0.1) is 39.7 Å². The Balaban J connectivity index is 1.43. The molecular formula is C22H19ClN8O. The van der Waals surface area contributed by atoms with Crippen LogP contribution < -0.4 is 15.9 Å². The van der Waals surface area contributed by atoms with Crippen LogP contribution in [0, 0.1) is 0 Å². The van der Waals surface area contributed by atoms with Crippen LogP contribution in [0.1, 0.15) is 0 Å². The van der Waals surface area contributed by atoms with E-state index >= 15 is 0 Å². The van der Waals surface area contributed by atoms with E-state index in [0.717, 1.165) is 42.8 Å². The largest absolute Gasteiger partial charge is 0.339 e. The first kappa shape index (κ1) is 19.0. The molecule has 1 fully saturated rings. The third-order valence-corrected chi connectivity index (χ3v) is 6.08. The van der Waals surface area contributed by atoms with E-state index in [0.29, 0.717) is 27.3 Å². The van der Waals surface area contributed by atoms with Gasteiger partial charge in [0.2, 0.25) is 0 Å². The van der Waals surface area contributed by atoms with Gasteiger partial charge in [-0.25, -0.2) is 9.97 Å². The quantitative estimate of drug-likeness (QED) is 0.441. The molecule has 1 aliphatic heterocycles. The van der Waals surface area contributed by atoms with Crippen molar-refractivity contribution in [1.82, 2.24) is 34.7 Å². The molecule has 1 saturated heterocycles. The first-order chi connectivity index (χ1) is 15.7. The van der Waals surface area contributed by atoms with E-state index in [1.807, 2.05) is 35.4 Å². The molecule has 160 valence electrons. The number of H-pyrrole nitrogens is 1. The summed E-state index contributed by atoms with van der Waals surface area (Å²) in [5.41, 5.74) is 3.46. The van der Waals surface area contributed by atoms with Crippen LogP contribution in [0.25, 0.3) is 38.9 Å². The molecule has 0 saturated carbocycles. The van der Waals surface area contributed by atoms with Gasteiger partial charge in [-0.05, 0) is 18.2 Å². The number of hydrogen-bond acceptors (Lipinski definition) is 6. The number of aromatic nitrogens is 6. The summed E-state index contributed by atoms with van der Waals surface area (Å²) in [6.07, 6.45) is 6.90. The molecule has 0 unspecified atom stereocenters. The maximum atomic E-state index is 13.2. The van der Waals surface area contributed by atoms with Gasteiger partial charge in [-0.15, -0.1) is 0 Å². The highest BCUT2D eigenvalue weighted by Gasteiger charge is 2.16. The molecule has 0 spiro atoms. The van der Waals surface area contributed by atoms with Gasteiger partial charge in [-0.1, -0.05) is 23.7 Å². The molecule has 2 N–H and O–H groups in total. The van der Waals surface area contributed by atoms with Crippen molar-refractivity contribution in [3.63, 3.8) is 0 Å². The Hall–Kier alpha value is -3.69. The molecule has 0 amide bonds. The predicted molar refractivity (Wildman–Crippen MR) is 124 cm³/mol. The van der Waals surface area contributed by atoms with E-state index in [1.54, 1.807) is 18.3 Å². The Morgan fingerprint density at radius 3 is 2.72 bits per heavy atom. The lowest BCUT2D eigenvalue weighted by atomic mass is 10.2. The Labute approximate surface area is 187 Å². The zero-order valence-electron chi connectivity index (χ0n) is 17.0. The first-order valence-electron chi connectivity index (χ1n) is 10.3. The maximum Gasteiger partial charge on any atom is 0.267 e. The number of nitrogens with zero attached hydrogens (tertiary/aromatic N) is 6. The summed E-state index contributed by atoms with van der Waals surface area (Å²) in [4.78, 5) is 27.4. The van der Waals surface area contributed by atoms with Gasteiger partial charge in [-0.3, -0.25) is 14.4 Å². The highest BCUT2D eigenvalue weighted by Crippen LogP contribution is 2.27. The Kier molecular flexibility index (Phi) is 4.44. The van der Waals surface area contributed by atoms with Crippen molar-refractivity contribution >= 4 is 33.5 Å². The SMILES string of the molecule is O=c1c2cnc3[nH]c(-c4cnn(N5CCNCC5)c4)cc3c2ncn1-c1ccccc1Cl. The minimum atomic E-state index is -0.216. The average Bonchev–Trinajstić information content (AvgIpc) is 3.48. The summed E-state index contributed by atoms with van der Waals surface area (Å²) >= 11 is 6.28. The van der Waals surface area contributed by atoms with E-state index in [2.05, 4.69) is 30.4 Å². The number of rotatable bonds is 3. The van der Waals surface area contributed by atoms with Crippen molar-refractivity contribution in [2.75, 3.05) is 31.2 Å². The molecule has 1 aromatic carbocycles. The van der Waals surface area contributed by atoms with Gasteiger partial charge in [0.25, 0.3) is 5.56 Å². The molecule has 6 rings (SSSR count). The lowest BCUT2D eigenvalue weighted by molar-refractivity contribution is 0.460. The van der Waals surface area contributed by atoms with Crippen molar-refractivity contribution in [3.8, 4) is 16.9 Å². The van der Waals surface area contributed by atoms with Crippen LogP contribution in [0.2, 0.25) is 5.02 Å². The van der Waals surface area contributed by atoms with Gasteiger partial charge >= 0.3 is 0 Å². The Morgan fingerprint density at radius 2 is 1.88 bits per heavy atom. The molecule has 0 atom stereocenters. The van der Waals surface area contributed by atoms with E-state index in [1.165, 1.54) is 10.9 Å². The van der Waals surface area contributed by atoms with Crippen molar-refractivity contribution in [3.05, 3.63) is 70.6 Å². The predicted octanol–water partition coefficient (Wildman–Crippen LogP) is 2.32. The zero-order valence-corrected chi connectivity index (χ0v) is 17.8. The van der Waals surface area contributed by atoms with E-state index in [4.69, 9.17) is 11.6 Å². The molecule has 1 aliphatic rings. The van der Waals surface area contributed by atoms with Crippen molar-refractivity contribution in [1.29, 1.82) is 0 Å². The summed E-state index contributed by atoms with van der Waals surface area (Å²) in [5.74, 6) is 0. The molecule has 0 aliphatic carbocycles. The monoisotopic (exact) mass is 446 g/mol. The highest BCUT2D eigenvalue weighted by molar-refractivity contribution is 6.32. The second kappa shape index (κ2) is 7.47. The normalized spacial score (nSPS) is 14.5. The van der Waals surface area contributed by atoms with Crippen LogP contribution in [-0.2, 0) is 0 Å². The molecule has 5 aromatic rings. The Morgan fingerprint density at radius 1 is 1.03 bits per heavy atom. The van der Waals surface area contributed by atoms with Crippen LogP contribution in [0.5, 0.6) is 0 Å². The second-order valence-electron chi connectivity index (χ2n) is 7.69. The number of para-hydroxylation sites is 1. The van der Waals surface area contributed by atoms with Gasteiger partial charge in [0.15, 0.2) is 0 Å². The molecular weight excluding hydrogens is 428 g/mol. The number of fused-ring (bicyclic) bond motifs is 3. The zero-order chi connectivity index (χ0) is 21.7. The molecule has 5 heterocycles. The molecule has 0 bridgehead atoms. The second-order valence-corrected chi connectivity index (χ2v) is 8.10. The number of hydrogen-bond donors (Lipinski definition) is 2. The van der Waals surface area contributed by atoms with E-state index in [-0.39, 0.29) is 5.56 Å². The van der Waals surface area contributed by atoms with Gasteiger partial charge in [0.1, 0.15) is 12.0 Å². The third kappa shape index (κ3) is 3.05. The summed E-state index contributed by atoms with van der Waals surface area (Å²) < 4.78 is 1.45. The summed E-state index contributed by atoms with van der Waals surface area (Å²) in [6.45, 7) is 3.69. The minimum Gasteiger partial charge on any atom is -0.339 e. The van der Waals surface area contributed by atoms with Gasteiger partial charge in [-0.2, -0.15) is 9.89 Å². The van der Waals surface area contributed by atoms with Crippen LogP contribution in [0.15, 0.2) is 60.0 Å².